The van der Waals surface area contributed by atoms with E-state index in [9.17, 15) is 28.1 Å². The Kier molecular flexibility index (Phi) is 5.26. The van der Waals surface area contributed by atoms with Crippen LogP contribution in [0, 0.1) is 10.1 Å². The number of nitro groups is 1. The van der Waals surface area contributed by atoms with Crippen LogP contribution in [0.5, 0.6) is 5.75 Å². The molecule has 1 amide bonds. The van der Waals surface area contributed by atoms with Crippen molar-refractivity contribution in [3.05, 3.63) is 64.2 Å². The van der Waals surface area contributed by atoms with Crippen LogP contribution >= 0.6 is 0 Å². The third kappa shape index (κ3) is 4.69. The molecule has 0 aromatic heterocycles. The van der Waals surface area contributed by atoms with Crippen LogP contribution in [0.1, 0.15) is 12.5 Å². The number of nitro benzene ring substituents is 1. The molecule has 9 heteroatoms. The lowest BCUT2D eigenvalue weighted by molar-refractivity contribution is -0.384. The van der Waals surface area contributed by atoms with Gasteiger partial charge in [0, 0.05) is 6.07 Å². The van der Waals surface area contributed by atoms with Crippen LogP contribution in [0.2, 0.25) is 0 Å². The number of nitrogens with zero attached hydrogens (tertiary/aromatic N) is 1. The van der Waals surface area contributed by atoms with Crippen molar-refractivity contribution in [2.45, 2.75) is 19.2 Å². The van der Waals surface area contributed by atoms with Crippen molar-refractivity contribution in [3.63, 3.8) is 0 Å². The van der Waals surface area contributed by atoms with Crippen molar-refractivity contribution < 1.29 is 27.6 Å². The predicted molar refractivity (Wildman–Crippen MR) is 83.3 cm³/mol. The number of carbonyl (C=O) groups excluding carboxylic acids is 1. The molecule has 0 radical (unpaired) electrons. The summed E-state index contributed by atoms with van der Waals surface area (Å²) < 4.78 is 44.0. The number of anilines is 1. The Morgan fingerprint density at radius 2 is 1.88 bits per heavy atom. The van der Waals surface area contributed by atoms with E-state index >= 15 is 0 Å². The van der Waals surface area contributed by atoms with Crippen molar-refractivity contribution in [1.82, 2.24) is 0 Å². The van der Waals surface area contributed by atoms with Gasteiger partial charge in [-0.1, -0.05) is 18.2 Å². The molecule has 0 aliphatic carbocycles. The van der Waals surface area contributed by atoms with Gasteiger partial charge in [0.15, 0.2) is 6.10 Å². The second-order valence-electron chi connectivity index (χ2n) is 5.05. The van der Waals surface area contributed by atoms with Crippen molar-refractivity contribution in [3.8, 4) is 5.75 Å². The van der Waals surface area contributed by atoms with E-state index in [0.29, 0.717) is 0 Å². The minimum atomic E-state index is -4.62. The number of hydrogen-bond acceptors (Lipinski definition) is 4. The predicted octanol–water partition coefficient (Wildman–Crippen LogP) is 4.02. The quantitative estimate of drug-likeness (QED) is 0.649. The zero-order chi connectivity index (χ0) is 18.6. The van der Waals surface area contributed by atoms with Gasteiger partial charge < -0.3 is 10.1 Å². The van der Waals surface area contributed by atoms with Gasteiger partial charge in [0.2, 0.25) is 0 Å². The molecule has 2 aromatic rings. The van der Waals surface area contributed by atoms with Gasteiger partial charge >= 0.3 is 6.18 Å². The van der Waals surface area contributed by atoms with Crippen molar-refractivity contribution in [2.24, 2.45) is 0 Å². The molecule has 0 fully saturated rings. The summed E-state index contributed by atoms with van der Waals surface area (Å²) in [4.78, 5) is 22.2. The van der Waals surface area contributed by atoms with E-state index in [1.165, 1.54) is 37.3 Å². The lowest BCUT2D eigenvalue weighted by Gasteiger charge is -2.17. The molecule has 0 heterocycles. The van der Waals surface area contributed by atoms with E-state index in [2.05, 4.69) is 5.32 Å². The minimum absolute atomic E-state index is 0.0564. The minimum Gasteiger partial charge on any atom is -0.481 e. The average Bonchev–Trinajstić information content (AvgIpc) is 2.54. The second-order valence-corrected chi connectivity index (χ2v) is 5.05. The standard InChI is InChI=1S/C16H13F3N2O4/c1-10(25-12-6-4-5-11(9-12)21(23)24)15(22)20-14-8-3-2-7-13(14)16(17,18)19/h2-10H,1H3,(H,20,22)/t10-/m1/s1. The fourth-order valence-corrected chi connectivity index (χ4v) is 2.00. The first kappa shape index (κ1) is 18.2. The van der Waals surface area contributed by atoms with Crippen LogP contribution in [0.3, 0.4) is 0 Å². The van der Waals surface area contributed by atoms with Crippen LogP contribution in [0.15, 0.2) is 48.5 Å². The first-order valence-electron chi connectivity index (χ1n) is 7.06. The summed E-state index contributed by atoms with van der Waals surface area (Å²) >= 11 is 0. The normalized spacial score (nSPS) is 12.3. The molecule has 2 rings (SSSR count). The molecule has 0 spiro atoms. The van der Waals surface area contributed by atoms with Crippen LogP contribution < -0.4 is 10.1 Å². The molecule has 0 saturated heterocycles. The number of amides is 1. The molecule has 1 N–H and O–H groups in total. The zero-order valence-electron chi connectivity index (χ0n) is 12.9. The van der Waals surface area contributed by atoms with E-state index < -0.39 is 34.4 Å². The van der Waals surface area contributed by atoms with Crippen molar-refractivity contribution >= 4 is 17.3 Å². The van der Waals surface area contributed by atoms with Crippen LogP contribution in [-0.4, -0.2) is 16.9 Å². The molecule has 2 aromatic carbocycles. The van der Waals surface area contributed by atoms with E-state index in [1.807, 2.05) is 0 Å². The number of halogens is 3. The molecule has 0 aliphatic rings. The number of rotatable bonds is 5. The number of nitrogens with one attached hydrogen (secondary N) is 1. The molecular weight excluding hydrogens is 341 g/mol. The maximum atomic E-state index is 12.9. The summed E-state index contributed by atoms with van der Waals surface area (Å²) in [6.45, 7) is 1.32. The number of hydrogen-bond donors (Lipinski definition) is 1. The van der Waals surface area contributed by atoms with E-state index in [0.717, 1.165) is 18.2 Å². The lowest BCUT2D eigenvalue weighted by Crippen LogP contribution is -2.31. The van der Waals surface area contributed by atoms with Gasteiger partial charge in [-0.15, -0.1) is 0 Å². The van der Waals surface area contributed by atoms with E-state index in [1.54, 1.807) is 0 Å². The summed E-state index contributed by atoms with van der Waals surface area (Å²) in [5.74, 6) is -0.760. The van der Waals surface area contributed by atoms with Gasteiger partial charge in [0.25, 0.3) is 11.6 Å². The van der Waals surface area contributed by atoms with Crippen molar-refractivity contribution in [2.75, 3.05) is 5.32 Å². The first-order chi connectivity index (χ1) is 11.7. The Bertz CT molecular complexity index is 793. The Hall–Kier alpha value is -3.10. The number of non-ortho nitro benzene ring substituents is 1. The summed E-state index contributed by atoms with van der Waals surface area (Å²) in [7, 11) is 0. The van der Waals surface area contributed by atoms with Crippen LogP contribution in [-0.2, 0) is 11.0 Å². The molecule has 25 heavy (non-hydrogen) atoms. The Balaban J connectivity index is 2.12. The van der Waals surface area contributed by atoms with Gasteiger partial charge in [-0.2, -0.15) is 13.2 Å². The SMILES string of the molecule is C[C@@H](Oc1cccc([N+](=O)[O-])c1)C(=O)Nc1ccccc1C(F)(F)F. The van der Waals surface area contributed by atoms with Crippen molar-refractivity contribution in [1.29, 1.82) is 0 Å². The maximum Gasteiger partial charge on any atom is 0.418 e. The summed E-state index contributed by atoms with van der Waals surface area (Å²) in [5, 5.41) is 12.9. The number of ether oxygens (including phenoxy) is 1. The number of alkyl halides is 3. The summed E-state index contributed by atoms with van der Waals surface area (Å²) in [6.07, 6.45) is -5.78. The van der Waals surface area contributed by atoms with Crippen LogP contribution in [0.25, 0.3) is 0 Å². The van der Waals surface area contributed by atoms with Crippen LogP contribution in [0.4, 0.5) is 24.5 Å². The lowest BCUT2D eigenvalue weighted by atomic mass is 10.1. The van der Waals surface area contributed by atoms with Gasteiger partial charge in [-0.3, -0.25) is 14.9 Å². The smallest absolute Gasteiger partial charge is 0.418 e. The summed E-state index contributed by atoms with van der Waals surface area (Å²) in [5.41, 5.74) is -1.60. The summed E-state index contributed by atoms with van der Waals surface area (Å²) in [6, 6.07) is 9.68. The number of para-hydroxylation sites is 1. The number of carbonyl (C=O) groups is 1. The highest BCUT2D eigenvalue weighted by Crippen LogP contribution is 2.34. The topological polar surface area (TPSA) is 81.5 Å². The fourth-order valence-electron chi connectivity index (χ4n) is 2.00. The Morgan fingerprint density at radius 1 is 1.20 bits per heavy atom. The molecule has 0 saturated carbocycles. The fraction of sp³-hybridized carbons (Fsp3) is 0.188. The largest absolute Gasteiger partial charge is 0.481 e. The molecule has 0 aliphatic heterocycles. The highest BCUT2D eigenvalue weighted by atomic mass is 19.4. The Labute approximate surface area is 140 Å². The van der Waals surface area contributed by atoms with E-state index in [-0.39, 0.29) is 11.4 Å². The van der Waals surface area contributed by atoms with Gasteiger partial charge in [0.1, 0.15) is 5.75 Å². The molecule has 6 nitrogen and oxygen atoms in total. The third-order valence-electron chi connectivity index (χ3n) is 3.20. The third-order valence-corrected chi connectivity index (χ3v) is 3.20. The number of benzene rings is 2. The molecule has 0 bridgehead atoms. The van der Waals surface area contributed by atoms with Gasteiger partial charge in [-0.25, -0.2) is 0 Å². The first-order valence-corrected chi connectivity index (χ1v) is 7.06. The maximum absolute atomic E-state index is 12.9. The average molecular weight is 354 g/mol. The monoisotopic (exact) mass is 354 g/mol. The van der Waals surface area contributed by atoms with Gasteiger partial charge in [-0.05, 0) is 25.1 Å². The highest BCUT2D eigenvalue weighted by molar-refractivity contribution is 5.94. The highest BCUT2D eigenvalue weighted by Gasteiger charge is 2.34. The Morgan fingerprint density at radius 3 is 2.52 bits per heavy atom. The zero-order valence-corrected chi connectivity index (χ0v) is 12.9. The second kappa shape index (κ2) is 7.20. The molecular formula is C16H13F3N2O4. The van der Waals surface area contributed by atoms with E-state index in [4.69, 9.17) is 4.74 Å². The molecule has 0 unspecified atom stereocenters. The molecule has 132 valence electrons. The molecule has 1 atom stereocenters. The van der Waals surface area contributed by atoms with Gasteiger partial charge in [0.05, 0.1) is 22.2 Å².